The van der Waals surface area contributed by atoms with Gasteiger partial charge in [-0.15, -0.1) is 0 Å². The Balaban J connectivity index is -0.000000251. The summed E-state index contributed by atoms with van der Waals surface area (Å²) in [5.41, 5.74) is 0. The molecule has 116 valence electrons. The lowest BCUT2D eigenvalue weighted by atomic mass is 9.97. The molecule has 1 heterocycles. The van der Waals surface area contributed by atoms with Crippen molar-refractivity contribution in [3.63, 3.8) is 0 Å². The van der Waals surface area contributed by atoms with Gasteiger partial charge in [-0.2, -0.15) is 0 Å². The summed E-state index contributed by atoms with van der Waals surface area (Å²) in [6.45, 7) is 11.4. The molecule has 0 unspecified atom stereocenters. The van der Waals surface area contributed by atoms with Crippen LogP contribution in [0.1, 0.15) is 35.1 Å². The van der Waals surface area contributed by atoms with Crippen molar-refractivity contribution < 1.29 is 19.0 Å². The highest BCUT2D eigenvalue weighted by atomic mass is 16.6. The maximum atomic E-state index is 8.14. The van der Waals surface area contributed by atoms with Crippen LogP contribution in [0, 0.1) is 0 Å². The fraction of sp³-hybridized carbons (Fsp3) is 0.571. The highest BCUT2D eigenvalue weighted by molar-refractivity contribution is 6.45. The molecule has 1 aliphatic rings. The standard InChI is InChI=1S/C7H7BO2.C2H7BO2.2C2H6.CH4/c1-8-9-6-4-2-3-5-7(6)10-8;1-3(4)5-2;2*1-2;/h2-5H,1H3;4H,1-2H3;2*1-2H3;1H4. The molecule has 6 heteroatoms. The molecule has 20 heavy (non-hydrogen) atoms. The van der Waals surface area contributed by atoms with E-state index in [4.69, 9.17) is 14.3 Å². The predicted molar refractivity (Wildman–Crippen MR) is 89.6 cm³/mol. The first-order valence-electron chi connectivity index (χ1n) is 6.76. The molecule has 0 aliphatic carbocycles. The zero-order valence-corrected chi connectivity index (χ0v) is 13.1. The Morgan fingerprint density at radius 3 is 1.60 bits per heavy atom. The lowest BCUT2D eigenvalue weighted by molar-refractivity contribution is 0.334. The van der Waals surface area contributed by atoms with Crippen LogP contribution in [-0.2, 0) is 4.65 Å². The van der Waals surface area contributed by atoms with Crippen LogP contribution in [-0.4, -0.2) is 26.4 Å². The summed E-state index contributed by atoms with van der Waals surface area (Å²) in [5.74, 6) is 1.69. The number of fused-ring (bicyclic) bond motifs is 1. The lowest BCUT2D eigenvalue weighted by Crippen LogP contribution is -2.18. The van der Waals surface area contributed by atoms with Crippen LogP contribution in [0.25, 0.3) is 0 Å². The third kappa shape index (κ3) is 10.8. The molecule has 0 spiro atoms. The number of benzene rings is 1. The van der Waals surface area contributed by atoms with E-state index in [2.05, 4.69) is 4.65 Å². The molecule has 0 atom stereocenters. The van der Waals surface area contributed by atoms with E-state index < -0.39 is 7.12 Å². The fourth-order valence-corrected chi connectivity index (χ4v) is 1.03. The SMILES string of the molecule is C.CB1Oc2ccccc2O1.CC.CC.COB(C)O. The van der Waals surface area contributed by atoms with Gasteiger partial charge in [0, 0.05) is 7.11 Å². The van der Waals surface area contributed by atoms with Crippen molar-refractivity contribution in [3.8, 4) is 11.5 Å². The summed E-state index contributed by atoms with van der Waals surface area (Å²) in [7, 11) is 0.706. The Morgan fingerprint density at radius 2 is 1.35 bits per heavy atom. The minimum Gasteiger partial charge on any atom is -0.523 e. The summed E-state index contributed by atoms with van der Waals surface area (Å²) in [6, 6.07) is 7.66. The molecule has 4 nitrogen and oxygen atoms in total. The molecule has 0 saturated heterocycles. The van der Waals surface area contributed by atoms with Crippen molar-refractivity contribution in [2.75, 3.05) is 7.11 Å². The average molecular weight is 284 g/mol. The van der Waals surface area contributed by atoms with Gasteiger partial charge in [-0.05, 0) is 25.8 Å². The average Bonchev–Trinajstić information content (AvgIpc) is 2.84. The van der Waals surface area contributed by atoms with Gasteiger partial charge < -0.3 is 19.0 Å². The van der Waals surface area contributed by atoms with Crippen LogP contribution in [0.3, 0.4) is 0 Å². The van der Waals surface area contributed by atoms with E-state index in [0.29, 0.717) is 0 Å². The molecular weight excluding hydrogens is 254 g/mol. The first kappa shape index (κ1) is 23.9. The minimum atomic E-state index is -0.616. The maximum absolute atomic E-state index is 8.14. The molecule has 0 bridgehead atoms. The monoisotopic (exact) mass is 284 g/mol. The summed E-state index contributed by atoms with van der Waals surface area (Å²) in [5, 5.41) is 8.14. The summed E-state index contributed by atoms with van der Waals surface area (Å²) in [4.78, 5) is 0. The van der Waals surface area contributed by atoms with E-state index in [1.165, 1.54) is 7.11 Å². The van der Waals surface area contributed by atoms with E-state index in [1.807, 2.05) is 58.8 Å². The largest absolute Gasteiger partial charge is 0.591 e. The molecule has 1 N–H and O–H groups in total. The highest BCUT2D eigenvalue weighted by Crippen LogP contribution is 2.32. The van der Waals surface area contributed by atoms with Gasteiger partial charge in [-0.1, -0.05) is 47.3 Å². The third-order valence-corrected chi connectivity index (χ3v) is 1.78. The van der Waals surface area contributed by atoms with Crippen molar-refractivity contribution in [2.24, 2.45) is 0 Å². The third-order valence-electron chi connectivity index (χ3n) is 1.78. The zero-order chi connectivity index (χ0) is 15.3. The first-order valence-corrected chi connectivity index (χ1v) is 6.76. The van der Waals surface area contributed by atoms with Crippen LogP contribution in [0.2, 0.25) is 13.6 Å². The molecule has 2 rings (SSSR count). The Labute approximate surface area is 125 Å². The Morgan fingerprint density at radius 1 is 1.05 bits per heavy atom. The number of hydrogen-bond acceptors (Lipinski definition) is 4. The smallest absolute Gasteiger partial charge is 0.523 e. The molecule has 0 aromatic heterocycles. The lowest BCUT2D eigenvalue weighted by Gasteiger charge is -1.93. The highest BCUT2D eigenvalue weighted by Gasteiger charge is 2.24. The zero-order valence-electron chi connectivity index (χ0n) is 13.1. The molecule has 1 aromatic carbocycles. The second-order valence-electron chi connectivity index (χ2n) is 3.09. The van der Waals surface area contributed by atoms with Gasteiger partial charge in [-0.25, -0.2) is 0 Å². The van der Waals surface area contributed by atoms with E-state index in [-0.39, 0.29) is 14.5 Å². The first-order chi connectivity index (χ1) is 9.13. The van der Waals surface area contributed by atoms with Crippen LogP contribution in [0.15, 0.2) is 24.3 Å². The van der Waals surface area contributed by atoms with E-state index in [0.717, 1.165) is 11.5 Å². The van der Waals surface area contributed by atoms with E-state index in [9.17, 15) is 0 Å². The van der Waals surface area contributed by atoms with E-state index in [1.54, 1.807) is 6.82 Å². The van der Waals surface area contributed by atoms with Gasteiger partial charge in [0.15, 0.2) is 0 Å². The van der Waals surface area contributed by atoms with Crippen LogP contribution >= 0.6 is 0 Å². The summed E-state index contributed by atoms with van der Waals surface area (Å²) < 4.78 is 14.9. The van der Waals surface area contributed by atoms with Gasteiger partial charge in [0.2, 0.25) is 0 Å². The Hall–Kier alpha value is -1.13. The van der Waals surface area contributed by atoms with Gasteiger partial charge in [0.1, 0.15) is 11.5 Å². The molecule has 0 radical (unpaired) electrons. The van der Waals surface area contributed by atoms with E-state index >= 15 is 0 Å². The molecule has 0 fully saturated rings. The Bertz CT molecular complexity index is 284. The van der Waals surface area contributed by atoms with Crippen molar-refractivity contribution in [3.05, 3.63) is 24.3 Å². The molecule has 0 saturated carbocycles. The molecule has 0 amide bonds. The summed E-state index contributed by atoms with van der Waals surface area (Å²) >= 11 is 0. The normalized spacial score (nSPS) is 9.50. The number of para-hydroxylation sites is 2. The van der Waals surface area contributed by atoms with Crippen LogP contribution in [0.5, 0.6) is 11.5 Å². The van der Waals surface area contributed by atoms with Gasteiger partial charge in [0.05, 0.1) is 0 Å². The van der Waals surface area contributed by atoms with Gasteiger partial charge in [-0.3, -0.25) is 0 Å². The second kappa shape index (κ2) is 15.9. The molecular formula is C14H30B2O4. The number of hydrogen-bond donors (Lipinski definition) is 1. The maximum Gasteiger partial charge on any atom is 0.591 e. The predicted octanol–water partition coefficient (Wildman–Crippen LogP) is 4.01. The van der Waals surface area contributed by atoms with Gasteiger partial charge in [0.25, 0.3) is 0 Å². The fourth-order valence-electron chi connectivity index (χ4n) is 1.03. The van der Waals surface area contributed by atoms with Crippen molar-refractivity contribution >= 4 is 14.2 Å². The molecule has 1 aliphatic heterocycles. The van der Waals surface area contributed by atoms with Crippen molar-refractivity contribution in [1.82, 2.24) is 0 Å². The van der Waals surface area contributed by atoms with Crippen LogP contribution < -0.4 is 9.31 Å². The Kier molecular flexibility index (Phi) is 19.1. The summed E-state index contributed by atoms with van der Waals surface area (Å²) in [6.07, 6.45) is 0. The van der Waals surface area contributed by atoms with Crippen LogP contribution in [0.4, 0.5) is 0 Å². The van der Waals surface area contributed by atoms with Crippen molar-refractivity contribution in [1.29, 1.82) is 0 Å². The number of rotatable bonds is 1. The minimum absolute atomic E-state index is 0. The molecule has 1 aromatic rings. The second-order valence-corrected chi connectivity index (χ2v) is 3.09. The quantitative estimate of drug-likeness (QED) is 0.791. The van der Waals surface area contributed by atoms with Crippen molar-refractivity contribution in [2.45, 2.75) is 48.8 Å². The van der Waals surface area contributed by atoms with Gasteiger partial charge >= 0.3 is 14.2 Å². The topological polar surface area (TPSA) is 47.9 Å².